The first kappa shape index (κ1) is 69.0. The van der Waals surface area contributed by atoms with Crippen LogP contribution in [0.25, 0.3) is 56.7 Å². The Morgan fingerprint density at radius 1 is 0.511 bits per heavy atom. The van der Waals surface area contributed by atoms with E-state index in [-0.39, 0.29) is 63.2 Å². The lowest BCUT2D eigenvalue weighted by atomic mass is 9.79. The first-order valence-electron chi connectivity index (χ1n) is 27.5. The van der Waals surface area contributed by atoms with E-state index in [1.807, 2.05) is 33.8 Å². The monoisotopic (exact) mass is 1330 g/mol. The third-order valence-corrected chi connectivity index (χ3v) is 13.3. The van der Waals surface area contributed by atoms with Gasteiger partial charge in [-0.3, -0.25) is 0 Å². The number of nitrogen functional groups attached to an aromatic ring is 5. The molecule has 1 fully saturated rings. The van der Waals surface area contributed by atoms with Gasteiger partial charge in [0.25, 0.3) is 0 Å². The van der Waals surface area contributed by atoms with Crippen molar-refractivity contribution >= 4 is 76.0 Å². The summed E-state index contributed by atoms with van der Waals surface area (Å²) in [7, 11) is 2.04. The lowest BCUT2D eigenvalue weighted by molar-refractivity contribution is 0.00578. The molecule has 1 aliphatic rings. The van der Waals surface area contributed by atoms with E-state index in [9.17, 15) is 23.5 Å². The maximum Gasteiger partial charge on any atom is 0.498 e. The number of carbonyl (C=O) groups is 2. The van der Waals surface area contributed by atoms with Gasteiger partial charge in [-0.15, -0.1) is 0 Å². The molecule has 10 heterocycles. The fraction of sp³-hybridized carbons (Fsp3) is 0.267. The van der Waals surface area contributed by atoms with Gasteiger partial charge in [-0.1, -0.05) is 0 Å². The van der Waals surface area contributed by atoms with Gasteiger partial charge in [-0.2, -0.15) is 4.90 Å². The van der Waals surface area contributed by atoms with Gasteiger partial charge in [0.2, 0.25) is 17.8 Å². The van der Waals surface area contributed by atoms with Gasteiger partial charge in [0.05, 0.1) is 53.9 Å². The predicted molar refractivity (Wildman–Crippen MR) is 342 cm³/mol. The van der Waals surface area contributed by atoms with Crippen LogP contribution in [0.1, 0.15) is 69.2 Å². The van der Waals surface area contributed by atoms with Crippen LogP contribution in [-0.4, -0.2) is 121 Å². The zero-order valence-electron chi connectivity index (χ0n) is 51.9. The van der Waals surface area contributed by atoms with Crippen LogP contribution >= 0.6 is 15.9 Å². The zero-order valence-corrected chi connectivity index (χ0v) is 53.5. The number of hydrogen-bond donors (Lipinski definition) is 6. The normalized spacial score (nSPS) is 13.0. The van der Waals surface area contributed by atoms with Crippen LogP contribution in [0.3, 0.4) is 0 Å². The van der Waals surface area contributed by atoms with Crippen molar-refractivity contribution in [3.63, 3.8) is 0 Å². The standard InChI is InChI=1S/C21H32BFN2O6.C15H13FN6O.C14H11FN6O.C10H9BrN4O/c1-18(2,3)28-16(26)25(17(27)29-19(4,5)6)15-14(23)13(11-12-24-15)22-30-20(7,8)21(9,10)31-22;1-23-11-3-2-9(8-4-6-19-14(17)12(8)16)21-13(11)10-5-7-20-15(18)22-10;15-11-7(3-5-18-13(11)16)8-1-2-10(22)12(20-8)9-4-6-19-14(17)21-9;1-16-7-2-3-8(11)15-9(7)6-4-5-13-10(12)14-6/h11-12H,1-10H3;2-7H,1H3,(H2,17,19)(H2,18,20,22);1-6,22H,(H2,16,18)(H2,17,19,21);2-5H,1H3,(H2,12,13,14). The van der Waals surface area contributed by atoms with Crippen LogP contribution in [-0.2, 0) is 18.8 Å². The Hall–Kier alpha value is -10.5. The Kier molecular flexibility index (Phi) is 21.4. The van der Waals surface area contributed by atoms with E-state index in [4.69, 9.17) is 56.9 Å². The number of aromatic nitrogens is 12. The fourth-order valence-corrected chi connectivity index (χ4v) is 8.27. The SMILES string of the molecule is CC(C)(C)OC(=O)N(C(=O)OC(C)(C)C)c1nccc(B2OC(C)(C)C(C)(C)O2)c1F.COc1ccc(-c2ccnc(N)c2F)nc1-c1ccnc(N)n1.COc1ccc(Br)nc1-c1ccnc(N)n1.Nc1nccc(-c2nc(-c3ccnc(N)c3F)ccc2O)n1. The number of halogens is 4. The summed E-state index contributed by atoms with van der Waals surface area (Å²) in [5, 5.41) is 9.96. The Morgan fingerprint density at radius 2 is 0.902 bits per heavy atom. The van der Waals surface area contributed by atoms with Gasteiger partial charge in [0.1, 0.15) is 50.1 Å². The van der Waals surface area contributed by atoms with E-state index < -0.39 is 65.0 Å². The lowest BCUT2D eigenvalue weighted by Gasteiger charge is -2.32. The van der Waals surface area contributed by atoms with Crippen LogP contribution in [0.15, 0.2) is 115 Å². The van der Waals surface area contributed by atoms with Gasteiger partial charge in [-0.25, -0.2) is 82.6 Å². The smallest absolute Gasteiger partial charge is 0.498 e. The average Bonchev–Trinajstić information content (AvgIpc) is 1.58. The molecule has 32 heteroatoms. The number of nitrogens with zero attached hydrogens (tertiary/aromatic N) is 13. The molecule has 2 amide bonds. The minimum atomic E-state index is -1.11. The molecule has 1 saturated heterocycles. The summed E-state index contributed by atoms with van der Waals surface area (Å²) >= 11 is 3.30. The number of rotatable bonds is 9. The lowest BCUT2D eigenvalue weighted by Crippen LogP contribution is -2.46. The van der Waals surface area contributed by atoms with Crippen molar-refractivity contribution in [2.45, 2.75) is 91.6 Å². The van der Waals surface area contributed by atoms with Crippen molar-refractivity contribution < 1.29 is 56.1 Å². The second-order valence-electron chi connectivity index (χ2n) is 22.4. The van der Waals surface area contributed by atoms with Crippen molar-refractivity contribution in [1.29, 1.82) is 0 Å². The van der Waals surface area contributed by atoms with E-state index in [0.717, 1.165) is 0 Å². The number of ether oxygens (including phenoxy) is 4. The van der Waals surface area contributed by atoms with Gasteiger partial charge < -0.3 is 62.0 Å². The van der Waals surface area contributed by atoms with E-state index in [1.165, 1.54) is 68.4 Å². The number of aromatic hydroxyl groups is 1. The summed E-state index contributed by atoms with van der Waals surface area (Å²) in [6, 6.07) is 19.0. The molecule has 9 aromatic heterocycles. The van der Waals surface area contributed by atoms with Crippen molar-refractivity contribution in [3.8, 4) is 73.9 Å². The van der Waals surface area contributed by atoms with E-state index >= 15 is 4.39 Å². The minimum absolute atomic E-state index is 0.000711. The van der Waals surface area contributed by atoms with Crippen LogP contribution in [0.2, 0.25) is 0 Å². The summed E-state index contributed by atoms with van der Waals surface area (Å²) in [6.07, 6.45) is 6.37. The van der Waals surface area contributed by atoms with Crippen LogP contribution < -0.4 is 48.5 Å². The molecule has 480 valence electrons. The Bertz CT molecular complexity index is 4110. The van der Waals surface area contributed by atoms with Gasteiger partial charge in [-0.05, 0) is 158 Å². The Labute approximate surface area is 535 Å². The molecule has 0 aliphatic carbocycles. The number of methoxy groups -OCH3 is 2. The Balaban J connectivity index is 0.000000178. The summed E-state index contributed by atoms with van der Waals surface area (Å²) in [5.41, 5.74) is 28.1. The number of anilines is 6. The number of carbonyl (C=O) groups excluding carboxylic acids is 2. The molecule has 1 aliphatic heterocycles. The highest BCUT2D eigenvalue weighted by Crippen LogP contribution is 2.38. The van der Waals surface area contributed by atoms with E-state index in [0.29, 0.717) is 55.2 Å². The molecule has 0 atom stereocenters. The Morgan fingerprint density at radius 3 is 1.34 bits per heavy atom. The molecule has 0 radical (unpaired) electrons. The molecular weight excluding hydrogens is 1260 g/mol. The van der Waals surface area contributed by atoms with Crippen molar-refractivity contribution in [1.82, 2.24) is 59.8 Å². The third kappa shape index (κ3) is 17.1. The van der Waals surface area contributed by atoms with Crippen molar-refractivity contribution in [2.75, 3.05) is 47.8 Å². The van der Waals surface area contributed by atoms with Crippen LogP contribution in [0.4, 0.5) is 58.1 Å². The second-order valence-corrected chi connectivity index (χ2v) is 23.2. The summed E-state index contributed by atoms with van der Waals surface area (Å²) in [6.45, 7) is 17.1. The molecule has 9 aromatic rings. The largest absolute Gasteiger partial charge is 0.506 e. The van der Waals surface area contributed by atoms with Gasteiger partial charge in [0.15, 0.2) is 34.9 Å². The van der Waals surface area contributed by atoms with E-state index in [1.54, 1.807) is 91.2 Å². The summed E-state index contributed by atoms with van der Waals surface area (Å²) < 4.78 is 77.4. The number of imide groups is 1. The highest BCUT2D eigenvalue weighted by Gasteiger charge is 2.53. The van der Waals surface area contributed by atoms with Crippen LogP contribution in [0, 0.1) is 17.5 Å². The predicted octanol–water partition coefficient (Wildman–Crippen LogP) is 9.61. The zero-order chi connectivity index (χ0) is 67.6. The highest BCUT2D eigenvalue weighted by atomic mass is 79.9. The first-order valence-corrected chi connectivity index (χ1v) is 28.3. The molecular formula is C60H65BBrF3N18O9. The number of hydrogen-bond acceptors (Lipinski definition) is 26. The maximum atomic E-state index is 15.6. The van der Waals surface area contributed by atoms with Gasteiger partial charge in [0, 0.05) is 53.8 Å². The molecule has 0 unspecified atom stereocenters. The molecule has 0 spiro atoms. The third-order valence-electron chi connectivity index (χ3n) is 12.9. The number of amides is 2. The molecule has 10 rings (SSSR count). The number of pyridine rings is 6. The summed E-state index contributed by atoms with van der Waals surface area (Å²) in [5.74, 6) is -1.84. The molecule has 0 aromatic carbocycles. The highest BCUT2D eigenvalue weighted by molar-refractivity contribution is 9.10. The van der Waals surface area contributed by atoms with E-state index in [2.05, 4.69) is 75.7 Å². The van der Waals surface area contributed by atoms with Crippen molar-refractivity contribution in [2.24, 2.45) is 0 Å². The maximum absolute atomic E-state index is 15.6. The second kappa shape index (κ2) is 28.6. The average molecular weight is 1330 g/mol. The molecule has 92 heavy (non-hydrogen) atoms. The number of nitrogens with two attached hydrogens (primary N) is 5. The quantitative estimate of drug-likeness (QED) is 0.0578. The topological polar surface area (TPSA) is 398 Å². The fourth-order valence-electron chi connectivity index (χ4n) is 7.96. The molecule has 0 bridgehead atoms. The molecule has 11 N–H and O–H groups in total. The minimum Gasteiger partial charge on any atom is -0.506 e. The molecule has 27 nitrogen and oxygen atoms in total. The van der Waals surface area contributed by atoms with Gasteiger partial charge >= 0.3 is 19.3 Å². The van der Waals surface area contributed by atoms with Crippen molar-refractivity contribution in [3.05, 3.63) is 132 Å². The first-order chi connectivity index (χ1) is 43.2. The van der Waals surface area contributed by atoms with Crippen LogP contribution in [0.5, 0.6) is 17.2 Å². The summed E-state index contributed by atoms with van der Waals surface area (Å²) in [4.78, 5) is 74.0. The molecule has 0 saturated carbocycles.